The number of fused-ring (bicyclic) bond motifs is 1. The number of hydrogen-bond acceptors (Lipinski definition) is 6. The summed E-state index contributed by atoms with van der Waals surface area (Å²) >= 11 is 1.35. The zero-order valence-electron chi connectivity index (χ0n) is 24.8. The Hall–Kier alpha value is -2.95. The number of sulfonamides is 1. The van der Waals surface area contributed by atoms with Crippen molar-refractivity contribution in [3.05, 3.63) is 65.7 Å². The quantitative estimate of drug-likeness (QED) is 0.284. The van der Waals surface area contributed by atoms with Crippen LogP contribution in [0.1, 0.15) is 54.9 Å². The summed E-state index contributed by atoms with van der Waals surface area (Å²) in [4.78, 5) is 23.7. The Bertz CT molecular complexity index is 1530. The van der Waals surface area contributed by atoms with Crippen molar-refractivity contribution in [1.29, 1.82) is 0 Å². The van der Waals surface area contributed by atoms with E-state index in [1.54, 1.807) is 0 Å². The van der Waals surface area contributed by atoms with Crippen LogP contribution in [0.25, 0.3) is 22.2 Å². The Morgan fingerprint density at radius 2 is 1.69 bits per heavy atom. The maximum Gasteiger partial charge on any atom is 0.252 e. The van der Waals surface area contributed by atoms with Gasteiger partial charge in [-0.2, -0.15) is 0 Å². The molecule has 1 aromatic heterocycles. The Morgan fingerprint density at radius 1 is 1.02 bits per heavy atom. The van der Waals surface area contributed by atoms with Crippen molar-refractivity contribution in [2.45, 2.75) is 51.6 Å². The van der Waals surface area contributed by atoms with Crippen LogP contribution in [0, 0.1) is 5.92 Å². The Morgan fingerprint density at radius 3 is 2.36 bits per heavy atom. The molecule has 2 aromatic carbocycles. The highest BCUT2D eigenvalue weighted by atomic mass is 32.2. The molecule has 5 rings (SSSR count). The van der Waals surface area contributed by atoms with Gasteiger partial charge < -0.3 is 10.2 Å². The molecule has 1 saturated carbocycles. The van der Waals surface area contributed by atoms with Crippen molar-refractivity contribution in [2.75, 3.05) is 38.7 Å². The fraction of sp³-hybridized carbons (Fsp3) is 0.469. The first kappa shape index (κ1) is 30.5. The van der Waals surface area contributed by atoms with Crippen molar-refractivity contribution in [3.8, 4) is 11.3 Å². The van der Waals surface area contributed by atoms with E-state index in [0.717, 1.165) is 46.8 Å². The number of carbonyl (C=O) groups excluding carboxylic acids is 1. The molecule has 0 unspecified atom stereocenters. The Balaban J connectivity index is 1.50. The predicted molar refractivity (Wildman–Crippen MR) is 173 cm³/mol. The van der Waals surface area contributed by atoms with Gasteiger partial charge in [0, 0.05) is 55.3 Å². The molecule has 0 spiro atoms. The van der Waals surface area contributed by atoms with E-state index in [1.165, 1.54) is 31.0 Å². The summed E-state index contributed by atoms with van der Waals surface area (Å²) in [7, 11) is -3.48. The summed E-state index contributed by atoms with van der Waals surface area (Å²) in [6, 6.07) is 18.1. The highest BCUT2D eigenvalue weighted by molar-refractivity contribution is 8.13. The second-order valence-corrected chi connectivity index (χ2v) is 13.9. The molecular formula is C32H41N5O3S2. The van der Waals surface area contributed by atoms with Crippen LogP contribution in [0.5, 0.6) is 0 Å². The number of rotatable bonds is 7. The van der Waals surface area contributed by atoms with Crippen molar-refractivity contribution in [1.82, 2.24) is 20.1 Å². The van der Waals surface area contributed by atoms with Crippen molar-refractivity contribution < 1.29 is 13.2 Å². The lowest BCUT2D eigenvalue weighted by Gasteiger charge is -2.36. The van der Waals surface area contributed by atoms with Gasteiger partial charge in [-0.1, -0.05) is 79.6 Å². The maximum absolute atomic E-state index is 14.2. The number of hydrogen-bond donors (Lipinski definition) is 1. The molecular weight excluding hydrogens is 567 g/mol. The molecule has 1 N–H and O–H groups in total. The summed E-state index contributed by atoms with van der Waals surface area (Å²) in [5.74, 6) is 0.461. The molecule has 1 aliphatic carbocycles. The van der Waals surface area contributed by atoms with E-state index in [-0.39, 0.29) is 11.9 Å². The van der Waals surface area contributed by atoms with E-state index >= 15 is 0 Å². The molecule has 42 heavy (non-hydrogen) atoms. The molecule has 1 saturated heterocycles. The molecule has 224 valence electrons. The number of aromatic nitrogens is 1. The number of nitrogens with zero attached hydrogens (tertiary/aromatic N) is 4. The number of benzene rings is 2. The SMILES string of the molecule is CSC(=NS(C)(=O)=O)N1CCN(Cc2c(-c3ccccc3)nc3ccccc3c2C(=O)N[C@@H](C)C2CCCCC2)CC1. The van der Waals surface area contributed by atoms with Gasteiger partial charge in [0.25, 0.3) is 15.9 Å². The molecule has 2 heterocycles. The number of carbonyl (C=O) groups is 1. The van der Waals surface area contributed by atoms with Gasteiger partial charge in [0.05, 0.1) is 23.0 Å². The van der Waals surface area contributed by atoms with Crippen LogP contribution >= 0.6 is 11.8 Å². The number of pyridine rings is 1. The first-order valence-corrected chi connectivity index (χ1v) is 17.9. The van der Waals surface area contributed by atoms with Crippen LogP contribution in [-0.4, -0.2) is 79.0 Å². The van der Waals surface area contributed by atoms with E-state index in [0.29, 0.717) is 49.4 Å². The van der Waals surface area contributed by atoms with Crippen LogP contribution < -0.4 is 5.32 Å². The third kappa shape index (κ3) is 7.33. The average Bonchev–Trinajstić information content (AvgIpc) is 3.00. The summed E-state index contributed by atoms with van der Waals surface area (Å²) in [6.07, 6.45) is 9.03. The lowest BCUT2D eigenvalue weighted by Crippen LogP contribution is -2.48. The molecule has 10 heteroatoms. The van der Waals surface area contributed by atoms with E-state index in [1.807, 2.05) is 53.6 Å². The highest BCUT2D eigenvalue weighted by Gasteiger charge is 2.28. The summed E-state index contributed by atoms with van der Waals surface area (Å²) in [5, 5.41) is 4.78. The summed E-state index contributed by atoms with van der Waals surface area (Å²) in [5.41, 5.74) is 4.25. The molecule has 1 aliphatic heterocycles. The number of thioether (sulfide) groups is 1. The molecule has 8 nitrogen and oxygen atoms in total. The topological polar surface area (TPSA) is 95.0 Å². The smallest absolute Gasteiger partial charge is 0.252 e. The fourth-order valence-electron chi connectivity index (χ4n) is 6.22. The van der Waals surface area contributed by atoms with Crippen LogP contribution in [0.2, 0.25) is 0 Å². The summed E-state index contributed by atoms with van der Waals surface area (Å²) < 4.78 is 27.6. The van der Waals surface area contributed by atoms with Crippen molar-refractivity contribution in [2.24, 2.45) is 10.3 Å². The zero-order chi connectivity index (χ0) is 29.7. The van der Waals surface area contributed by atoms with Gasteiger partial charge in [0.15, 0.2) is 5.17 Å². The van der Waals surface area contributed by atoms with E-state index in [2.05, 4.69) is 33.7 Å². The Kier molecular flexibility index (Phi) is 9.85. The number of amidine groups is 1. The van der Waals surface area contributed by atoms with Gasteiger partial charge in [-0.05, 0) is 38.0 Å². The third-order valence-electron chi connectivity index (χ3n) is 8.43. The van der Waals surface area contributed by atoms with E-state index in [4.69, 9.17) is 4.98 Å². The van der Waals surface area contributed by atoms with Crippen LogP contribution in [0.15, 0.2) is 59.0 Å². The third-order valence-corrected chi connectivity index (χ3v) is 9.77. The standard InChI is InChI=1S/C32H41N5O3S2/c1-23(24-12-6-4-7-13-24)33-31(38)29-26-16-10-11-17-28(26)34-30(25-14-8-5-9-15-25)27(29)22-36-18-20-37(21-19-36)32(41-2)35-42(3,39)40/h5,8-11,14-17,23-24H,4,6-7,12-13,18-22H2,1-3H3,(H,33,38)/t23-/m0/s1. The number of amides is 1. The molecule has 0 radical (unpaired) electrons. The minimum absolute atomic E-state index is 0.0394. The van der Waals surface area contributed by atoms with Crippen LogP contribution in [-0.2, 0) is 16.6 Å². The van der Waals surface area contributed by atoms with Gasteiger partial charge in [-0.25, -0.2) is 13.4 Å². The van der Waals surface area contributed by atoms with Gasteiger partial charge in [0.2, 0.25) is 0 Å². The summed E-state index contributed by atoms with van der Waals surface area (Å²) in [6.45, 7) is 5.44. The second kappa shape index (κ2) is 13.6. The van der Waals surface area contributed by atoms with Crippen LogP contribution in [0.3, 0.4) is 0 Å². The maximum atomic E-state index is 14.2. The molecule has 3 aromatic rings. The normalized spacial score (nSPS) is 18.3. The Labute approximate surface area is 254 Å². The van der Waals surface area contributed by atoms with E-state index in [9.17, 15) is 13.2 Å². The fourth-order valence-corrected chi connectivity index (χ4v) is 7.76. The minimum atomic E-state index is -3.48. The first-order chi connectivity index (χ1) is 20.2. The lowest BCUT2D eigenvalue weighted by atomic mass is 9.84. The molecule has 2 fully saturated rings. The molecule has 2 aliphatic rings. The molecule has 1 amide bonds. The predicted octanol–water partition coefficient (Wildman–Crippen LogP) is 5.40. The second-order valence-electron chi connectivity index (χ2n) is 11.4. The first-order valence-electron chi connectivity index (χ1n) is 14.8. The molecule has 1 atom stereocenters. The largest absolute Gasteiger partial charge is 0.349 e. The number of piperazine rings is 1. The van der Waals surface area contributed by atoms with Crippen LogP contribution in [0.4, 0.5) is 0 Å². The number of para-hydroxylation sites is 1. The van der Waals surface area contributed by atoms with E-state index < -0.39 is 10.0 Å². The van der Waals surface area contributed by atoms with Crippen molar-refractivity contribution >= 4 is 43.8 Å². The van der Waals surface area contributed by atoms with Crippen molar-refractivity contribution in [3.63, 3.8) is 0 Å². The minimum Gasteiger partial charge on any atom is -0.349 e. The van der Waals surface area contributed by atoms with Gasteiger partial charge in [-0.3, -0.25) is 9.69 Å². The molecule has 0 bridgehead atoms. The highest BCUT2D eigenvalue weighted by Crippen LogP contribution is 2.33. The van der Waals surface area contributed by atoms with Gasteiger partial charge >= 0.3 is 0 Å². The zero-order valence-corrected chi connectivity index (χ0v) is 26.4. The average molecular weight is 608 g/mol. The van der Waals surface area contributed by atoms with Gasteiger partial charge in [-0.15, -0.1) is 4.40 Å². The lowest BCUT2D eigenvalue weighted by molar-refractivity contribution is 0.0918. The number of nitrogens with one attached hydrogen (secondary N) is 1. The monoisotopic (exact) mass is 607 g/mol. The van der Waals surface area contributed by atoms with Gasteiger partial charge in [0.1, 0.15) is 0 Å².